The summed E-state index contributed by atoms with van der Waals surface area (Å²) >= 11 is 0. The summed E-state index contributed by atoms with van der Waals surface area (Å²) in [5.74, 6) is 0.846. The summed E-state index contributed by atoms with van der Waals surface area (Å²) in [6, 6.07) is 3.28. The van der Waals surface area contributed by atoms with Crippen molar-refractivity contribution in [3.63, 3.8) is 0 Å². The summed E-state index contributed by atoms with van der Waals surface area (Å²) in [4.78, 5) is 51.5. The predicted octanol–water partition coefficient (Wildman–Crippen LogP) is 3.80. The Morgan fingerprint density at radius 2 is 1.83 bits per heavy atom. The summed E-state index contributed by atoms with van der Waals surface area (Å²) in [5, 5.41) is 5.32. The monoisotopic (exact) mass is 494 g/mol. The summed E-state index contributed by atoms with van der Waals surface area (Å²) in [7, 11) is 0. The molecule has 1 aliphatic heterocycles. The normalized spacial score (nSPS) is 15.2. The standard InChI is InChI=1S/C26H34N6O4/c1-6-27-25(35)31-18(4)30-22-13-19(12-20(16-33)17(22)3)21-14-28-24(29-15-21)32-10-8-26(5,9-11-32)23(34)36-7-2/h12-16H,6-11H2,1-5H3,(H2,27,30,31,35). The molecule has 1 aromatic heterocycles. The molecule has 1 aliphatic rings. The van der Waals surface area contributed by atoms with Gasteiger partial charge in [0.1, 0.15) is 12.1 Å². The van der Waals surface area contributed by atoms with E-state index >= 15 is 0 Å². The van der Waals surface area contributed by atoms with E-state index in [0.29, 0.717) is 67.7 Å². The van der Waals surface area contributed by atoms with Gasteiger partial charge in [-0.05, 0) is 70.7 Å². The molecule has 1 saturated heterocycles. The first-order valence-corrected chi connectivity index (χ1v) is 12.1. The number of amidine groups is 1. The minimum Gasteiger partial charge on any atom is -0.466 e. The number of carbonyl (C=O) groups excluding carboxylic acids is 3. The van der Waals surface area contributed by atoms with Gasteiger partial charge in [0.25, 0.3) is 0 Å². The number of anilines is 1. The van der Waals surface area contributed by atoms with Crippen LogP contribution in [0.4, 0.5) is 16.4 Å². The molecule has 1 aromatic carbocycles. The zero-order chi connectivity index (χ0) is 26.3. The highest BCUT2D eigenvalue weighted by Crippen LogP contribution is 2.34. The van der Waals surface area contributed by atoms with Gasteiger partial charge in [-0.25, -0.2) is 19.8 Å². The van der Waals surface area contributed by atoms with Crippen LogP contribution in [0.25, 0.3) is 11.1 Å². The Labute approximate surface area is 211 Å². The highest BCUT2D eigenvalue weighted by Gasteiger charge is 2.38. The number of benzene rings is 1. The van der Waals surface area contributed by atoms with Crippen LogP contribution in [-0.4, -0.2) is 60.3 Å². The van der Waals surface area contributed by atoms with Gasteiger partial charge in [-0.2, -0.15) is 0 Å². The number of carbonyl (C=O) groups is 3. The third-order valence-electron chi connectivity index (χ3n) is 6.36. The van der Waals surface area contributed by atoms with Crippen LogP contribution in [-0.2, 0) is 9.53 Å². The molecule has 0 atom stereocenters. The van der Waals surface area contributed by atoms with E-state index in [0.717, 1.165) is 17.4 Å². The summed E-state index contributed by atoms with van der Waals surface area (Å²) < 4.78 is 5.23. The number of rotatable bonds is 7. The van der Waals surface area contributed by atoms with Crippen molar-refractivity contribution in [1.82, 2.24) is 20.6 Å². The van der Waals surface area contributed by atoms with E-state index in [1.165, 1.54) is 0 Å². The number of ether oxygens (including phenoxy) is 1. The molecule has 0 radical (unpaired) electrons. The molecule has 36 heavy (non-hydrogen) atoms. The van der Waals surface area contributed by atoms with Crippen LogP contribution in [0.5, 0.6) is 0 Å². The zero-order valence-corrected chi connectivity index (χ0v) is 21.6. The van der Waals surface area contributed by atoms with E-state index in [4.69, 9.17) is 4.74 Å². The molecule has 2 N–H and O–H groups in total. The van der Waals surface area contributed by atoms with Gasteiger partial charge in [0.15, 0.2) is 0 Å². The molecule has 0 saturated carbocycles. The average molecular weight is 495 g/mol. The third kappa shape index (κ3) is 6.24. The van der Waals surface area contributed by atoms with E-state index < -0.39 is 5.41 Å². The number of aromatic nitrogens is 2. The Hall–Kier alpha value is -3.82. The summed E-state index contributed by atoms with van der Waals surface area (Å²) in [6.45, 7) is 11.3. The Morgan fingerprint density at radius 3 is 2.42 bits per heavy atom. The zero-order valence-electron chi connectivity index (χ0n) is 21.6. The van der Waals surface area contributed by atoms with E-state index in [2.05, 4.69) is 30.5 Å². The topological polar surface area (TPSA) is 126 Å². The number of hydrogen-bond acceptors (Lipinski definition) is 8. The van der Waals surface area contributed by atoms with Crippen molar-refractivity contribution in [2.75, 3.05) is 31.1 Å². The van der Waals surface area contributed by atoms with Crippen LogP contribution in [0.15, 0.2) is 29.5 Å². The first-order chi connectivity index (χ1) is 17.2. The second-order valence-electron chi connectivity index (χ2n) is 9.05. The molecule has 0 bridgehead atoms. The number of aliphatic imine (C=N–C) groups is 1. The maximum Gasteiger partial charge on any atom is 0.320 e. The van der Waals surface area contributed by atoms with Crippen molar-refractivity contribution in [1.29, 1.82) is 0 Å². The van der Waals surface area contributed by atoms with Crippen LogP contribution in [0.2, 0.25) is 0 Å². The molecule has 10 nitrogen and oxygen atoms in total. The molecule has 1 fully saturated rings. The fraction of sp³-hybridized carbons (Fsp3) is 0.462. The highest BCUT2D eigenvalue weighted by molar-refractivity contribution is 5.98. The molecular formula is C26H34N6O4. The van der Waals surface area contributed by atoms with Crippen molar-refractivity contribution >= 4 is 35.8 Å². The Bertz CT molecular complexity index is 1140. The summed E-state index contributed by atoms with van der Waals surface area (Å²) in [6.07, 6.45) is 5.56. The van der Waals surface area contributed by atoms with E-state index in [9.17, 15) is 14.4 Å². The Balaban J connectivity index is 1.79. The minimum atomic E-state index is -0.485. The first kappa shape index (κ1) is 26.8. The lowest BCUT2D eigenvalue weighted by atomic mass is 9.80. The van der Waals surface area contributed by atoms with Gasteiger partial charge in [-0.1, -0.05) is 0 Å². The molecule has 2 amide bonds. The highest BCUT2D eigenvalue weighted by atomic mass is 16.5. The van der Waals surface area contributed by atoms with Gasteiger partial charge in [-0.15, -0.1) is 0 Å². The predicted molar refractivity (Wildman–Crippen MR) is 139 cm³/mol. The lowest BCUT2D eigenvalue weighted by Crippen LogP contribution is -2.44. The van der Waals surface area contributed by atoms with Gasteiger partial charge < -0.3 is 15.0 Å². The molecule has 3 rings (SSSR count). The molecule has 10 heteroatoms. The van der Waals surface area contributed by atoms with Crippen molar-refractivity contribution in [2.24, 2.45) is 10.4 Å². The Kier molecular flexibility index (Phi) is 8.73. The van der Waals surface area contributed by atoms with E-state index in [1.807, 2.05) is 33.8 Å². The second kappa shape index (κ2) is 11.7. The Morgan fingerprint density at radius 1 is 1.17 bits per heavy atom. The molecule has 0 aliphatic carbocycles. The van der Waals surface area contributed by atoms with Crippen LogP contribution in [0.3, 0.4) is 0 Å². The number of esters is 1. The molecular weight excluding hydrogens is 460 g/mol. The van der Waals surface area contributed by atoms with Crippen LogP contribution >= 0.6 is 0 Å². The van der Waals surface area contributed by atoms with Gasteiger partial charge in [0.2, 0.25) is 5.95 Å². The SMILES string of the molecule is CCNC(=O)NC(C)=Nc1cc(-c2cnc(N3CCC(C)(C(=O)OCC)CC3)nc2)cc(C=O)c1C. The smallest absolute Gasteiger partial charge is 0.320 e. The maximum absolute atomic E-state index is 12.3. The largest absolute Gasteiger partial charge is 0.466 e. The number of nitrogens with zero attached hydrogens (tertiary/aromatic N) is 4. The number of urea groups is 1. The van der Waals surface area contributed by atoms with Gasteiger partial charge in [-0.3, -0.25) is 14.9 Å². The molecule has 2 heterocycles. The number of nitrogens with one attached hydrogen (secondary N) is 2. The minimum absolute atomic E-state index is 0.152. The quantitative estimate of drug-likeness (QED) is 0.259. The van der Waals surface area contributed by atoms with Crippen molar-refractivity contribution in [3.8, 4) is 11.1 Å². The summed E-state index contributed by atoms with van der Waals surface area (Å²) in [5.41, 5.74) is 2.77. The van der Waals surface area contributed by atoms with Gasteiger partial charge in [0, 0.05) is 43.2 Å². The second-order valence-corrected chi connectivity index (χ2v) is 9.05. The fourth-order valence-electron chi connectivity index (χ4n) is 4.05. The van der Waals surface area contributed by atoms with Crippen LogP contribution < -0.4 is 15.5 Å². The molecule has 192 valence electrons. The number of piperidine rings is 1. The lowest BCUT2D eigenvalue weighted by molar-refractivity contribution is -0.155. The van der Waals surface area contributed by atoms with Crippen molar-refractivity contribution in [2.45, 2.75) is 47.5 Å². The van der Waals surface area contributed by atoms with Gasteiger partial charge in [0.05, 0.1) is 17.7 Å². The van der Waals surface area contributed by atoms with Crippen LogP contribution in [0.1, 0.15) is 56.5 Å². The molecule has 2 aromatic rings. The molecule has 0 unspecified atom stereocenters. The van der Waals surface area contributed by atoms with E-state index in [-0.39, 0.29) is 12.0 Å². The van der Waals surface area contributed by atoms with Gasteiger partial charge >= 0.3 is 12.0 Å². The van der Waals surface area contributed by atoms with Crippen molar-refractivity contribution < 1.29 is 19.1 Å². The average Bonchev–Trinajstić information content (AvgIpc) is 2.86. The number of aldehydes is 1. The fourth-order valence-corrected chi connectivity index (χ4v) is 4.05. The lowest BCUT2D eigenvalue weighted by Gasteiger charge is -2.37. The van der Waals surface area contributed by atoms with Crippen LogP contribution in [0, 0.1) is 12.3 Å². The third-order valence-corrected chi connectivity index (χ3v) is 6.36. The number of amides is 2. The van der Waals surface area contributed by atoms with Crippen molar-refractivity contribution in [3.05, 3.63) is 35.7 Å². The number of hydrogen-bond donors (Lipinski definition) is 2. The van der Waals surface area contributed by atoms with E-state index in [1.54, 1.807) is 25.4 Å². The maximum atomic E-state index is 12.3. The first-order valence-electron chi connectivity index (χ1n) is 12.1. The molecule has 0 spiro atoms.